The van der Waals surface area contributed by atoms with Crippen molar-refractivity contribution in [3.05, 3.63) is 27.2 Å². The number of carbonyl (C=O) groups is 2. The van der Waals surface area contributed by atoms with Gasteiger partial charge in [0, 0.05) is 12.1 Å². The minimum atomic E-state index is -1.23. The van der Waals surface area contributed by atoms with Crippen LogP contribution in [0, 0.1) is 0 Å². The Balaban J connectivity index is 2.64. The fourth-order valence-electron chi connectivity index (χ4n) is 1.24. The third-order valence-electron chi connectivity index (χ3n) is 2.10. The molecule has 0 aliphatic rings. The molecule has 1 atom stereocenters. The molecule has 0 aromatic heterocycles. The summed E-state index contributed by atoms with van der Waals surface area (Å²) in [4.78, 5) is 22.4. The Kier molecular flexibility index (Phi) is 6.35. The van der Waals surface area contributed by atoms with Crippen LogP contribution in [0.1, 0.15) is 0 Å². The first-order valence-electron chi connectivity index (χ1n) is 5.24. The number of hydrogen-bond donors (Lipinski definition) is 2. The van der Waals surface area contributed by atoms with Crippen LogP contribution in [-0.4, -0.2) is 31.8 Å². The molecule has 0 saturated carbocycles. The number of amides is 2. The summed E-state index contributed by atoms with van der Waals surface area (Å²) >= 11 is 17.5. The van der Waals surface area contributed by atoms with Crippen molar-refractivity contribution in [2.24, 2.45) is 5.73 Å². The maximum Gasteiger partial charge on any atom is 0.267 e. The van der Waals surface area contributed by atoms with Crippen LogP contribution >= 0.6 is 34.8 Å². The first-order chi connectivity index (χ1) is 9.35. The Morgan fingerprint density at radius 3 is 2.30 bits per heavy atom. The van der Waals surface area contributed by atoms with Gasteiger partial charge in [-0.15, -0.1) is 0 Å². The molecule has 6 nitrogen and oxygen atoms in total. The molecule has 9 heteroatoms. The minimum absolute atomic E-state index is 0.112. The zero-order chi connectivity index (χ0) is 15.3. The molecular formula is C11H11Cl3N2O4. The molecule has 0 radical (unpaired) electrons. The fraction of sp³-hybridized carbons (Fsp3) is 0.273. The van der Waals surface area contributed by atoms with Gasteiger partial charge < -0.3 is 20.5 Å². The Labute approximate surface area is 130 Å². The molecule has 0 aliphatic heterocycles. The van der Waals surface area contributed by atoms with E-state index in [1.165, 1.54) is 19.2 Å². The number of ether oxygens (including phenoxy) is 2. The SMILES string of the molecule is COC(NC(=O)COc1c(Cl)cc(Cl)cc1Cl)C(N)=O. The first-order valence-corrected chi connectivity index (χ1v) is 6.37. The van der Waals surface area contributed by atoms with E-state index >= 15 is 0 Å². The molecule has 1 rings (SSSR count). The third kappa shape index (κ3) is 4.72. The van der Waals surface area contributed by atoms with Crippen molar-refractivity contribution in [1.29, 1.82) is 0 Å². The number of methoxy groups -OCH3 is 1. The molecule has 1 unspecified atom stereocenters. The fourth-order valence-corrected chi connectivity index (χ4v) is 2.16. The number of halogens is 3. The van der Waals surface area contributed by atoms with Gasteiger partial charge in [0.25, 0.3) is 11.8 Å². The van der Waals surface area contributed by atoms with Crippen LogP contribution in [-0.2, 0) is 14.3 Å². The summed E-state index contributed by atoms with van der Waals surface area (Å²) in [6.45, 7) is -0.422. The van der Waals surface area contributed by atoms with Crippen molar-refractivity contribution in [3.63, 3.8) is 0 Å². The zero-order valence-corrected chi connectivity index (χ0v) is 12.6. The summed E-state index contributed by atoms with van der Waals surface area (Å²) in [6.07, 6.45) is -1.23. The smallest absolute Gasteiger partial charge is 0.267 e. The summed E-state index contributed by atoms with van der Waals surface area (Å²) in [5.41, 5.74) is 4.99. The molecule has 0 heterocycles. The highest BCUT2D eigenvalue weighted by Gasteiger charge is 2.18. The molecule has 0 fully saturated rings. The maximum absolute atomic E-state index is 11.5. The van der Waals surface area contributed by atoms with Crippen molar-refractivity contribution in [3.8, 4) is 5.75 Å². The lowest BCUT2D eigenvalue weighted by Gasteiger charge is -2.14. The lowest BCUT2D eigenvalue weighted by Crippen LogP contribution is -2.47. The van der Waals surface area contributed by atoms with Crippen LogP contribution in [0.3, 0.4) is 0 Å². The van der Waals surface area contributed by atoms with E-state index in [4.69, 9.17) is 45.3 Å². The highest BCUT2D eigenvalue weighted by molar-refractivity contribution is 6.40. The Morgan fingerprint density at radius 2 is 1.85 bits per heavy atom. The molecular weight excluding hydrogens is 330 g/mol. The molecule has 0 saturated heterocycles. The molecule has 0 aliphatic carbocycles. The van der Waals surface area contributed by atoms with Gasteiger partial charge in [-0.25, -0.2) is 0 Å². The molecule has 1 aromatic carbocycles. The zero-order valence-electron chi connectivity index (χ0n) is 10.3. The van der Waals surface area contributed by atoms with Gasteiger partial charge in [0.05, 0.1) is 10.0 Å². The Bertz CT molecular complexity index is 501. The third-order valence-corrected chi connectivity index (χ3v) is 2.88. The summed E-state index contributed by atoms with van der Waals surface area (Å²) in [6, 6.07) is 2.84. The van der Waals surface area contributed by atoms with Crippen molar-refractivity contribution in [1.82, 2.24) is 5.32 Å². The number of benzene rings is 1. The van der Waals surface area contributed by atoms with E-state index in [0.29, 0.717) is 5.02 Å². The molecule has 20 heavy (non-hydrogen) atoms. The largest absolute Gasteiger partial charge is 0.481 e. The second kappa shape index (κ2) is 7.54. The van der Waals surface area contributed by atoms with E-state index in [-0.39, 0.29) is 15.8 Å². The van der Waals surface area contributed by atoms with Crippen LogP contribution in [0.15, 0.2) is 12.1 Å². The predicted molar refractivity (Wildman–Crippen MR) is 75.1 cm³/mol. The van der Waals surface area contributed by atoms with Gasteiger partial charge >= 0.3 is 0 Å². The topological polar surface area (TPSA) is 90.7 Å². The van der Waals surface area contributed by atoms with Crippen molar-refractivity contribution in [2.45, 2.75) is 6.23 Å². The maximum atomic E-state index is 11.5. The predicted octanol–water partition coefficient (Wildman–Crippen LogP) is 1.60. The number of primary amides is 1. The van der Waals surface area contributed by atoms with Gasteiger partial charge in [-0.05, 0) is 12.1 Å². The van der Waals surface area contributed by atoms with Crippen LogP contribution in [0.5, 0.6) is 5.75 Å². The first kappa shape index (κ1) is 16.8. The average Bonchev–Trinajstić information content (AvgIpc) is 2.34. The van der Waals surface area contributed by atoms with Crippen LogP contribution in [0.4, 0.5) is 0 Å². The van der Waals surface area contributed by atoms with Crippen molar-refractivity contribution in [2.75, 3.05) is 13.7 Å². The number of nitrogens with one attached hydrogen (secondary N) is 1. The van der Waals surface area contributed by atoms with E-state index in [9.17, 15) is 9.59 Å². The summed E-state index contributed by atoms with van der Waals surface area (Å²) in [5.74, 6) is -1.35. The number of rotatable bonds is 6. The van der Waals surface area contributed by atoms with Gasteiger partial charge in [0.2, 0.25) is 6.23 Å². The van der Waals surface area contributed by atoms with E-state index in [2.05, 4.69) is 10.1 Å². The molecule has 110 valence electrons. The van der Waals surface area contributed by atoms with Crippen molar-refractivity contribution >= 4 is 46.6 Å². The molecule has 3 N–H and O–H groups in total. The highest BCUT2D eigenvalue weighted by atomic mass is 35.5. The summed E-state index contributed by atoms with van der Waals surface area (Å²) in [7, 11) is 1.23. The summed E-state index contributed by atoms with van der Waals surface area (Å²) < 4.78 is 9.83. The number of nitrogens with two attached hydrogens (primary N) is 1. The highest BCUT2D eigenvalue weighted by Crippen LogP contribution is 2.35. The van der Waals surface area contributed by atoms with Gasteiger partial charge in [-0.3, -0.25) is 9.59 Å². The van der Waals surface area contributed by atoms with Gasteiger partial charge in [0.1, 0.15) is 0 Å². The van der Waals surface area contributed by atoms with Crippen molar-refractivity contribution < 1.29 is 19.1 Å². The van der Waals surface area contributed by atoms with E-state index < -0.39 is 24.6 Å². The summed E-state index contributed by atoms with van der Waals surface area (Å²) in [5, 5.41) is 2.87. The van der Waals surface area contributed by atoms with Gasteiger partial charge in [0.15, 0.2) is 12.4 Å². The van der Waals surface area contributed by atoms with Crippen LogP contribution in [0.25, 0.3) is 0 Å². The van der Waals surface area contributed by atoms with Crippen LogP contribution < -0.4 is 15.8 Å². The average molecular weight is 342 g/mol. The van der Waals surface area contributed by atoms with E-state index in [0.717, 1.165) is 0 Å². The van der Waals surface area contributed by atoms with Gasteiger partial charge in [-0.2, -0.15) is 0 Å². The van der Waals surface area contributed by atoms with Crippen LogP contribution in [0.2, 0.25) is 15.1 Å². The molecule has 0 spiro atoms. The lowest BCUT2D eigenvalue weighted by atomic mass is 10.3. The number of hydrogen-bond acceptors (Lipinski definition) is 4. The molecule has 0 bridgehead atoms. The van der Waals surface area contributed by atoms with E-state index in [1.807, 2.05) is 0 Å². The second-order valence-electron chi connectivity index (χ2n) is 3.57. The molecule has 2 amide bonds. The quantitative estimate of drug-likeness (QED) is 0.769. The second-order valence-corrected chi connectivity index (χ2v) is 4.82. The standard InChI is InChI=1S/C11H11Cl3N2O4/c1-19-11(10(15)18)16-8(17)4-20-9-6(13)2-5(12)3-7(9)14/h2-3,11H,4H2,1H3,(H2,15,18)(H,16,17). The normalized spacial score (nSPS) is 11.8. The van der Waals surface area contributed by atoms with Gasteiger partial charge in [-0.1, -0.05) is 34.8 Å². The molecule has 1 aromatic rings. The monoisotopic (exact) mass is 340 g/mol. The Morgan fingerprint density at radius 1 is 1.30 bits per heavy atom. The van der Waals surface area contributed by atoms with E-state index in [1.54, 1.807) is 0 Å². The lowest BCUT2D eigenvalue weighted by molar-refractivity contribution is -0.137. The Hall–Kier alpha value is -1.21. The minimum Gasteiger partial charge on any atom is -0.481 e. The number of carbonyl (C=O) groups excluding carboxylic acids is 2.